The number of para-hydroxylation sites is 1. The summed E-state index contributed by atoms with van der Waals surface area (Å²) in [5.74, 6) is -0.833. The van der Waals surface area contributed by atoms with Gasteiger partial charge in [-0.25, -0.2) is 0 Å². The Hall–Kier alpha value is -1.81. The highest BCUT2D eigenvalue weighted by Gasteiger charge is 2.14. The standard InChI is InChI=1S/C11H11NO.C2H4O2/c1-2-4-10-8(3-1)9-5-6-13-7-11(9)12-10;1-2(3)4/h1-4,12H,5-7H2;1H3,(H,3,4). The number of carboxylic acid groups (broad SMARTS) is 1. The second-order valence-corrected chi connectivity index (χ2v) is 3.95. The van der Waals surface area contributed by atoms with E-state index in [9.17, 15) is 0 Å². The number of rotatable bonds is 0. The topological polar surface area (TPSA) is 62.3 Å². The molecule has 0 aliphatic carbocycles. The van der Waals surface area contributed by atoms with Gasteiger partial charge < -0.3 is 14.8 Å². The summed E-state index contributed by atoms with van der Waals surface area (Å²) >= 11 is 0. The van der Waals surface area contributed by atoms with Gasteiger partial charge >= 0.3 is 0 Å². The Balaban J connectivity index is 0.000000239. The molecule has 4 nitrogen and oxygen atoms in total. The number of ether oxygens (including phenoxy) is 1. The van der Waals surface area contributed by atoms with Gasteiger partial charge in [0.1, 0.15) is 0 Å². The molecule has 0 saturated carbocycles. The molecule has 1 aliphatic rings. The number of H-pyrrole nitrogens is 1. The zero-order valence-electron chi connectivity index (χ0n) is 9.69. The van der Waals surface area contributed by atoms with Crippen LogP contribution >= 0.6 is 0 Å². The highest BCUT2D eigenvalue weighted by atomic mass is 16.5. The quantitative estimate of drug-likeness (QED) is 0.734. The van der Waals surface area contributed by atoms with E-state index in [0.717, 1.165) is 26.6 Å². The highest BCUT2D eigenvalue weighted by molar-refractivity contribution is 5.84. The molecule has 0 saturated heterocycles. The van der Waals surface area contributed by atoms with Crippen LogP contribution in [0.2, 0.25) is 0 Å². The first-order chi connectivity index (χ1) is 8.18. The fraction of sp³-hybridized carbons (Fsp3) is 0.308. The van der Waals surface area contributed by atoms with Gasteiger partial charge in [-0.1, -0.05) is 18.2 Å². The number of hydrogen-bond donors (Lipinski definition) is 2. The van der Waals surface area contributed by atoms with Gasteiger partial charge in [-0.05, 0) is 18.1 Å². The van der Waals surface area contributed by atoms with Crippen LogP contribution in [-0.2, 0) is 22.6 Å². The zero-order valence-corrected chi connectivity index (χ0v) is 9.69. The van der Waals surface area contributed by atoms with Crippen molar-refractivity contribution in [2.75, 3.05) is 6.61 Å². The molecule has 2 heterocycles. The third-order valence-corrected chi connectivity index (χ3v) is 2.64. The summed E-state index contributed by atoms with van der Waals surface area (Å²) in [6.45, 7) is 2.68. The summed E-state index contributed by atoms with van der Waals surface area (Å²) in [6, 6.07) is 8.45. The summed E-state index contributed by atoms with van der Waals surface area (Å²) < 4.78 is 5.39. The lowest BCUT2D eigenvalue weighted by Crippen LogP contribution is -2.08. The van der Waals surface area contributed by atoms with Crippen LogP contribution in [-0.4, -0.2) is 22.7 Å². The molecule has 0 fully saturated rings. The van der Waals surface area contributed by atoms with Gasteiger partial charge in [0.25, 0.3) is 5.97 Å². The number of nitrogens with one attached hydrogen (secondary N) is 1. The molecule has 1 aliphatic heterocycles. The largest absolute Gasteiger partial charge is 0.481 e. The maximum atomic E-state index is 9.00. The predicted molar refractivity (Wildman–Crippen MR) is 65.0 cm³/mol. The zero-order chi connectivity index (χ0) is 12.3. The van der Waals surface area contributed by atoms with Crippen molar-refractivity contribution in [3.63, 3.8) is 0 Å². The van der Waals surface area contributed by atoms with E-state index in [4.69, 9.17) is 14.6 Å². The number of hydrogen-bond acceptors (Lipinski definition) is 2. The number of aliphatic carboxylic acids is 1. The number of aromatic nitrogens is 1. The van der Waals surface area contributed by atoms with E-state index < -0.39 is 5.97 Å². The molecule has 0 spiro atoms. The molecule has 4 heteroatoms. The molecule has 1 aromatic heterocycles. The van der Waals surface area contributed by atoms with Crippen LogP contribution in [0.25, 0.3) is 10.9 Å². The number of carbonyl (C=O) groups is 1. The monoisotopic (exact) mass is 233 g/mol. The first kappa shape index (κ1) is 11.7. The van der Waals surface area contributed by atoms with Crippen molar-refractivity contribution < 1.29 is 14.6 Å². The number of aromatic amines is 1. The molecule has 3 rings (SSSR count). The lowest BCUT2D eigenvalue weighted by molar-refractivity contribution is -0.134. The first-order valence-corrected chi connectivity index (χ1v) is 5.54. The van der Waals surface area contributed by atoms with E-state index in [1.807, 2.05) is 0 Å². The van der Waals surface area contributed by atoms with Crippen LogP contribution in [0.5, 0.6) is 0 Å². The Kier molecular flexibility index (Phi) is 3.44. The molecule has 1 aromatic carbocycles. The Morgan fingerprint density at radius 3 is 2.88 bits per heavy atom. The molecular weight excluding hydrogens is 218 g/mol. The second-order valence-electron chi connectivity index (χ2n) is 3.95. The normalized spacial score (nSPS) is 13.7. The smallest absolute Gasteiger partial charge is 0.300 e. The third kappa shape index (κ3) is 2.65. The second kappa shape index (κ2) is 5.01. The molecule has 2 N–H and O–H groups in total. The van der Waals surface area contributed by atoms with Crippen LogP contribution in [0.15, 0.2) is 24.3 Å². The lowest BCUT2D eigenvalue weighted by atomic mass is 10.1. The van der Waals surface area contributed by atoms with Crippen molar-refractivity contribution >= 4 is 16.9 Å². The number of fused-ring (bicyclic) bond motifs is 3. The first-order valence-electron chi connectivity index (χ1n) is 5.54. The van der Waals surface area contributed by atoms with Gasteiger partial charge in [-0.3, -0.25) is 4.79 Å². The Bertz CT molecular complexity index is 526. The van der Waals surface area contributed by atoms with Gasteiger partial charge in [-0.15, -0.1) is 0 Å². The van der Waals surface area contributed by atoms with E-state index in [1.54, 1.807) is 0 Å². The number of carboxylic acids is 1. The minimum absolute atomic E-state index is 0.740. The summed E-state index contributed by atoms with van der Waals surface area (Å²) in [6.07, 6.45) is 1.04. The molecule has 0 radical (unpaired) electrons. The van der Waals surface area contributed by atoms with E-state index in [2.05, 4.69) is 29.2 Å². The van der Waals surface area contributed by atoms with E-state index in [-0.39, 0.29) is 0 Å². The van der Waals surface area contributed by atoms with Gasteiger partial charge in [0.15, 0.2) is 0 Å². The summed E-state index contributed by atoms with van der Waals surface area (Å²) in [5.41, 5.74) is 3.94. The fourth-order valence-corrected chi connectivity index (χ4v) is 2.01. The Labute approximate surface area is 99.2 Å². The van der Waals surface area contributed by atoms with Gasteiger partial charge in [0.05, 0.1) is 13.2 Å². The Morgan fingerprint density at radius 2 is 2.12 bits per heavy atom. The summed E-state index contributed by atoms with van der Waals surface area (Å²) in [7, 11) is 0. The molecular formula is C13H15NO3. The van der Waals surface area contributed by atoms with E-state index in [0.29, 0.717) is 0 Å². The molecule has 90 valence electrons. The fourth-order valence-electron chi connectivity index (χ4n) is 2.01. The SMILES string of the molecule is CC(=O)O.c1ccc2c3c([nH]c2c1)COCC3. The van der Waals surface area contributed by atoms with E-state index in [1.165, 1.54) is 22.2 Å². The maximum absolute atomic E-state index is 9.00. The minimum Gasteiger partial charge on any atom is -0.481 e. The summed E-state index contributed by atoms with van der Waals surface area (Å²) in [4.78, 5) is 12.4. The minimum atomic E-state index is -0.833. The van der Waals surface area contributed by atoms with Crippen molar-refractivity contribution in [3.8, 4) is 0 Å². The van der Waals surface area contributed by atoms with Gasteiger partial charge in [0, 0.05) is 23.5 Å². The van der Waals surface area contributed by atoms with Crippen LogP contribution in [0.1, 0.15) is 18.2 Å². The van der Waals surface area contributed by atoms with Crippen molar-refractivity contribution in [1.82, 2.24) is 4.98 Å². The van der Waals surface area contributed by atoms with Crippen LogP contribution in [0.3, 0.4) is 0 Å². The molecule has 0 amide bonds. The highest BCUT2D eigenvalue weighted by Crippen LogP contribution is 2.25. The third-order valence-electron chi connectivity index (χ3n) is 2.64. The van der Waals surface area contributed by atoms with Crippen molar-refractivity contribution in [3.05, 3.63) is 35.5 Å². The Morgan fingerprint density at radius 1 is 1.41 bits per heavy atom. The van der Waals surface area contributed by atoms with Gasteiger partial charge in [0.2, 0.25) is 0 Å². The number of benzene rings is 1. The van der Waals surface area contributed by atoms with Gasteiger partial charge in [-0.2, -0.15) is 0 Å². The van der Waals surface area contributed by atoms with Crippen molar-refractivity contribution in [2.24, 2.45) is 0 Å². The van der Waals surface area contributed by atoms with E-state index >= 15 is 0 Å². The maximum Gasteiger partial charge on any atom is 0.300 e. The lowest BCUT2D eigenvalue weighted by Gasteiger charge is -2.11. The van der Waals surface area contributed by atoms with Crippen molar-refractivity contribution in [2.45, 2.75) is 20.0 Å². The molecule has 17 heavy (non-hydrogen) atoms. The molecule has 0 bridgehead atoms. The average molecular weight is 233 g/mol. The molecule has 2 aromatic rings. The average Bonchev–Trinajstić information content (AvgIpc) is 2.66. The van der Waals surface area contributed by atoms with Crippen LogP contribution in [0.4, 0.5) is 0 Å². The van der Waals surface area contributed by atoms with Crippen LogP contribution in [0, 0.1) is 0 Å². The molecule has 0 atom stereocenters. The predicted octanol–water partition coefficient (Wildman–Crippen LogP) is 2.33. The molecule has 0 unspecified atom stereocenters. The van der Waals surface area contributed by atoms with Crippen LogP contribution < -0.4 is 0 Å². The summed E-state index contributed by atoms with van der Waals surface area (Å²) in [5, 5.41) is 8.78. The van der Waals surface area contributed by atoms with Crippen molar-refractivity contribution in [1.29, 1.82) is 0 Å².